The van der Waals surface area contributed by atoms with Gasteiger partial charge in [0.05, 0.1) is 5.69 Å². The lowest BCUT2D eigenvalue weighted by Gasteiger charge is -2.21. The second-order valence-electron chi connectivity index (χ2n) is 7.60. The average molecular weight is 398 g/mol. The molecule has 2 atom stereocenters. The molecule has 2 heterocycles. The molecule has 4 rings (SSSR count). The lowest BCUT2D eigenvalue weighted by Crippen LogP contribution is -2.42. The van der Waals surface area contributed by atoms with Crippen LogP contribution in [0, 0.1) is 5.92 Å². The van der Waals surface area contributed by atoms with Crippen LogP contribution >= 0.6 is 11.3 Å². The number of nitrogens with zero attached hydrogens (tertiary/aromatic N) is 2. The van der Waals surface area contributed by atoms with E-state index in [2.05, 4.69) is 22.5 Å². The number of benzene rings is 1. The van der Waals surface area contributed by atoms with Gasteiger partial charge in [0.2, 0.25) is 5.91 Å². The van der Waals surface area contributed by atoms with Crippen LogP contribution in [0.1, 0.15) is 36.4 Å². The molecule has 1 aromatic carbocycles. The number of urea groups is 1. The Hall–Kier alpha value is -2.74. The number of nitrogens with one attached hydrogen (secondary N) is 2. The van der Waals surface area contributed by atoms with E-state index in [4.69, 9.17) is 0 Å². The minimum atomic E-state index is -1.17. The number of rotatable bonds is 4. The summed E-state index contributed by atoms with van der Waals surface area (Å²) >= 11 is 1.48. The molecule has 2 aliphatic rings. The van der Waals surface area contributed by atoms with Gasteiger partial charge in [0.15, 0.2) is 5.13 Å². The first kappa shape index (κ1) is 18.6. The van der Waals surface area contributed by atoms with Gasteiger partial charge in [-0.3, -0.25) is 14.5 Å². The molecule has 1 aliphatic heterocycles. The molecule has 1 fully saturated rings. The lowest BCUT2D eigenvalue weighted by atomic mass is 9.92. The Kier molecular flexibility index (Phi) is 4.66. The number of amides is 4. The summed E-state index contributed by atoms with van der Waals surface area (Å²) < 4.78 is 0. The van der Waals surface area contributed by atoms with Gasteiger partial charge in [-0.25, -0.2) is 9.78 Å². The molecule has 7 nitrogen and oxygen atoms in total. The van der Waals surface area contributed by atoms with Gasteiger partial charge in [0.25, 0.3) is 5.91 Å². The fraction of sp³-hybridized carbons (Fsp3) is 0.400. The van der Waals surface area contributed by atoms with Gasteiger partial charge < -0.3 is 10.6 Å². The highest BCUT2D eigenvalue weighted by Gasteiger charge is 2.49. The predicted octanol–water partition coefficient (Wildman–Crippen LogP) is 2.67. The Morgan fingerprint density at radius 3 is 2.86 bits per heavy atom. The molecule has 1 aromatic heterocycles. The maximum Gasteiger partial charge on any atom is 0.325 e. The van der Waals surface area contributed by atoms with Crippen molar-refractivity contribution in [2.75, 3.05) is 11.9 Å². The van der Waals surface area contributed by atoms with Crippen molar-refractivity contribution in [3.63, 3.8) is 0 Å². The van der Waals surface area contributed by atoms with Crippen molar-refractivity contribution in [1.82, 2.24) is 15.2 Å². The Morgan fingerprint density at radius 1 is 1.36 bits per heavy atom. The molecule has 0 radical (unpaired) electrons. The van der Waals surface area contributed by atoms with Crippen molar-refractivity contribution < 1.29 is 14.4 Å². The topological polar surface area (TPSA) is 91.4 Å². The standard InChI is InChI=1S/C20H22N4O3S/c1-12-8-9-14-15(10-12)28-18(21-14)22-16(25)11-24-17(26)20(2,23-19(24)27)13-6-4-3-5-7-13/h3-7,12H,8-11H2,1-2H3,(H,23,27)(H,21,22,25)/t12-,20+/m0/s1. The summed E-state index contributed by atoms with van der Waals surface area (Å²) in [6.45, 7) is 3.52. The summed E-state index contributed by atoms with van der Waals surface area (Å²) in [6.07, 6.45) is 3.00. The third kappa shape index (κ3) is 3.28. The van der Waals surface area contributed by atoms with E-state index in [-0.39, 0.29) is 6.54 Å². The van der Waals surface area contributed by atoms with Crippen LogP contribution in [0.15, 0.2) is 30.3 Å². The number of aromatic nitrogens is 1. The fourth-order valence-electron chi connectivity index (χ4n) is 3.70. The zero-order valence-corrected chi connectivity index (χ0v) is 16.6. The van der Waals surface area contributed by atoms with E-state index in [1.165, 1.54) is 16.2 Å². The second kappa shape index (κ2) is 7.01. The molecule has 0 saturated carbocycles. The highest BCUT2D eigenvalue weighted by molar-refractivity contribution is 7.15. The third-order valence-corrected chi connectivity index (χ3v) is 6.40. The minimum absolute atomic E-state index is 0.340. The quantitative estimate of drug-likeness (QED) is 0.775. The Labute approximate surface area is 167 Å². The molecular formula is C20H22N4O3S. The summed E-state index contributed by atoms with van der Waals surface area (Å²) in [6, 6.07) is 8.44. The van der Waals surface area contributed by atoms with E-state index in [1.807, 2.05) is 6.07 Å². The van der Waals surface area contributed by atoms with E-state index in [9.17, 15) is 14.4 Å². The van der Waals surface area contributed by atoms with E-state index >= 15 is 0 Å². The van der Waals surface area contributed by atoms with Crippen LogP contribution in [0.4, 0.5) is 9.93 Å². The van der Waals surface area contributed by atoms with E-state index in [1.54, 1.807) is 31.2 Å². The average Bonchev–Trinajstić information content (AvgIpc) is 3.15. The molecule has 1 aliphatic carbocycles. The summed E-state index contributed by atoms with van der Waals surface area (Å²) in [7, 11) is 0. The first-order valence-electron chi connectivity index (χ1n) is 9.35. The molecule has 0 bridgehead atoms. The van der Waals surface area contributed by atoms with Crippen LogP contribution in [0.25, 0.3) is 0 Å². The SMILES string of the molecule is C[C@H]1CCc2nc(NC(=O)CN3C(=O)N[C@](C)(c4ccccc4)C3=O)sc2C1. The maximum absolute atomic E-state index is 12.9. The molecule has 0 unspecified atom stereocenters. The van der Waals surface area contributed by atoms with Gasteiger partial charge in [-0.05, 0) is 37.7 Å². The van der Waals surface area contributed by atoms with Crippen LogP contribution < -0.4 is 10.6 Å². The molecule has 2 N–H and O–H groups in total. The molecule has 4 amide bonds. The number of fused-ring (bicyclic) bond motifs is 1. The van der Waals surface area contributed by atoms with Crippen LogP contribution in [0.5, 0.6) is 0 Å². The number of carbonyl (C=O) groups is 3. The van der Waals surface area contributed by atoms with Gasteiger partial charge in [-0.2, -0.15) is 0 Å². The van der Waals surface area contributed by atoms with Gasteiger partial charge in [-0.1, -0.05) is 37.3 Å². The minimum Gasteiger partial charge on any atom is -0.319 e. The number of imide groups is 1. The van der Waals surface area contributed by atoms with Gasteiger partial charge in [0.1, 0.15) is 12.1 Å². The molecule has 8 heteroatoms. The van der Waals surface area contributed by atoms with Gasteiger partial charge in [0, 0.05) is 4.88 Å². The molecular weight excluding hydrogens is 376 g/mol. The number of carbonyl (C=O) groups excluding carboxylic acids is 3. The van der Waals surface area contributed by atoms with Gasteiger partial charge in [-0.15, -0.1) is 11.3 Å². The molecule has 146 valence electrons. The molecule has 0 spiro atoms. The largest absolute Gasteiger partial charge is 0.325 e. The monoisotopic (exact) mass is 398 g/mol. The normalized spacial score (nSPS) is 24.1. The number of hydrogen-bond acceptors (Lipinski definition) is 5. The van der Waals surface area contributed by atoms with Crippen LogP contribution in [-0.4, -0.2) is 34.3 Å². The van der Waals surface area contributed by atoms with E-state index in [0.717, 1.165) is 29.9 Å². The van der Waals surface area contributed by atoms with Crippen LogP contribution in [-0.2, 0) is 28.0 Å². The van der Waals surface area contributed by atoms with E-state index < -0.39 is 23.4 Å². The first-order chi connectivity index (χ1) is 13.4. The maximum atomic E-state index is 12.9. The molecule has 2 aromatic rings. The summed E-state index contributed by atoms with van der Waals surface area (Å²) in [5, 5.41) is 5.98. The number of hydrogen-bond donors (Lipinski definition) is 2. The zero-order valence-electron chi connectivity index (χ0n) is 15.8. The number of thiazole rings is 1. The van der Waals surface area contributed by atoms with Crippen molar-refractivity contribution in [3.05, 3.63) is 46.5 Å². The summed E-state index contributed by atoms with van der Waals surface area (Å²) in [4.78, 5) is 44.4. The van der Waals surface area contributed by atoms with Crippen molar-refractivity contribution in [3.8, 4) is 0 Å². The zero-order chi connectivity index (χ0) is 19.9. The highest BCUT2D eigenvalue weighted by atomic mass is 32.1. The fourth-order valence-corrected chi connectivity index (χ4v) is 4.89. The van der Waals surface area contributed by atoms with E-state index in [0.29, 0.717) is 16.6 Å². The lowest BCUT2D eigenvalue weighted by molar-refractivity contribution is -0.133. The smallest absolute Gasteiger partial charge is 0.319 e. The summed E-state index contributed by atoms with van der Waals surface area (Å²) in [5.41, 5.74) is 0.553. The Balaban J connectivity index is 1.45. The van der Waals surface area contributed by atoms with Crippen molar-refractivity contribution in [2.45, 2.75) is 38.6 Å². The third-order valence-electron chi connectivity index (χ3n) is 5.36. The number of aryl methyl sites for hydroxylation is 1. The Bertz CT molecular complexity index is 942. The molecule has 28 heavy (non-hydrogen) atoms. The summed E-state index contributed by atoms with van der Waals surface area (Å²) in [5.74, 6) is -0.246. The second-order valence-corrected chi connectivity index (χ2v) is 8.68. The van der Waals surface area contributed by atoms with Crippen molar-refractivity contribution in [1.29, 1.82) is 0 Å². The van der Waals surface area contributed by atoms with Crippen LogP contribution in [0.2, 0.25) is 0 Å². The van der Waals surface area contributed by atoms with Crippen molar-refractivity contribution >= 4 is 34.3 Å². The predicted molar refractivity (Wildman–Crippen MR) is 106 cm³/mol. The molecule has 1 saturated heterocycles. The van der Waals surface area contributed by atoms with Crippen LogP contribution in [0.3, 0.4) is 0 Å². The number of anilines is 1. The highest BCUT2D eigenvalue weighted by Crippen LogP contribution is 2.32. The first-order valence-corrected chi connectivity index (χ1v) is 10.2. The van der Waals surface area contributed by atoms with Crippen molar-refractivity contribution in [2.24, 2.45) is 5.92 Å². The Morgan fingerprint density at radius 2 is 2.11 bits per heavy atom. The van der Waals surface area contributed by atoms with Gasteiger partial charge >= 0.3 is 6.03 Å².